The third kappa shape index (κ3) is 2.99. The Morgan fingerprint density at radius 1 is 1.55 bits per heavy atom. The van der Waals surface area contributed by atoms with Gasteiger partial charge in [0.1, 0.15) is 9.88 Å². The Balaban J connectivity index is 2.23. The topological polar surface area (TPSA) is 101 Å². The van der Waals surface area contributed by atoms with Crippen molar-refractivity contribution in [3.63, 3.8) is 0 Å². The Morgan fingerprint density at radius 3 is 2.90 bits per heavy atom. The van der Waals surface area contributed by atoms with Crippen LogP contribution in [0.4, 0.5) is 5.00 Å². The summed E-state index contributed by atoms with van der Waals surface area (Å²) in [6.45, 7) is 3.70. The molecule has 0 aliphatic carbocycles. The molecule has 9 heteroatoms. The van der Waals surface area contributed by atoms with Gasteiger partial charge in [-0.15, -0.1) is 11.3 Å². The first-order valence-electron chi connectivity index (χ1n) is 5.72. The van der Waals surface area contributed by atoms with E-state index in [-0.39, 0.29) is 11.6 Å². The van der Waals surface area contributed by atoms with E-state index < -0.39 is 16.0 Å². The van der Waals surface area contributed by atoms with Crippen molar-refractivity contribution in [2.75, 3.05) is 11.3 Å². The molecule has 0 saturated heterocycles. The summed E-state index contributed by atoms with van der Waals surface area (Å²) < 4.78 is 31.3. The SMILES string of the molecule is CCOC(=O)c1sc(NS(=O)(=O)c2cnc[nH]2)cc1C. The van der Waals surface area contributed by atoms with Crippen LogP contribution in [0.5, 0.6) is 0 Å². The maximum absolute atomic E-state index is 12.0. The van der Waals surface area contributed by atoms with Crippen molar-refractivity contribution in [2.45, 2.75) is 18.9 Å². The summed E-state index contributed by atoms with van der Waals surface area (Å²) in [6, 6.07) is 1.59. The van der Waals surface area contributed by atoms with E-state index in [9.17, 15) is 13.2 Å². The lowest BCUT2D eigenvalue weighted by Crippen LogP contribution is -2.12. The van der Waals surface area contributed by atoms with Gasteiger partial charge in [0.2, 0.25) is 0 Å². The van der Waals surface area contributed by atoms with E-state index in [1.165, 1.54) is 12.5 Å². The molecular formula is C11H13N3O4S2. The number of aromatic nitrogens is 2. The number of hydrogen-bond acceptors (Lipinski definition) is 6. The number of anilines is 1. The predicted octanol–water partition coefficient (Wildman–Crippen LogP) is 1.76. The fraction of sp³-hybridized carbons (Fsp3) is 0.273. The van der Waals surface area contributed by atoms with Crippen molar-refractivity contribution in [1.29, 1.82) is 0 Å². The van der Waals surface area contributed by atoms with E-state index in [2.05, 4.69) is 14.7 Å². The quantitative estimate of drug-likeness (QED) is 0.819. The largest absolute Gasteiger partial charge is 0.462 e. The molecule has 0 bridgehead atoms. The van der Waals surface area contributed by atoms with Gasteiger partial charge in [0.25, 0.3) is 10.0 Å². The van der Waals surface area contributed by atoms with Gasteiger partial charge in [-0.05, 0) is 25.5 Å². The van der Waals surface area contributed by atoms with Crippen molar-refractivity contribution in [1.82, 2.24) is 9.97 Å². The maximum atomic E-state index is 12.0. The molecule has 0 unspecified atom stereocenters. The third-order valence-corrected chi connectivity index (χ3v) is 4.93. The Bertz CT molecular complexity index is 704. The zero-order valence-electron chi connectivity index (χ0n) is 10.8. The molecule has 7 nitrogen and oxygen atoms in total. The van der Waals surface area contributed by atoms with Crippen molar-refractivity contribution in [3.05, 3.63) is 29.0 Å². The molecule has 2 aromatic heterocycles. The maximum Gasteiger partial charge on any atom is 0.348 e. The summed E-state index contributed by atoms with van der Waals surface area (Å²) >= 11 is 1.03. The number of carbonyl (C=O) groups excluding carboxylic acids is 1. The number of aromatic amines is 1. The number of sulfonamides is 1. The van der Waals surface area contributed by atoms with Crippen LogP contribution in [0.15, 0.2) is 23.6 Å². The molecule has 0 radical (unpaired) electrons. The molecule has 0 spiro atoms. The molecule has 0 saturated carbocycles. The van der Waals surface area contributed by atoms with Crippen LogP contribution in [0.2, 0.25) is 0 Å². The zero-order chi connectivity index (χ0) is 14.8. The summed E-state index contributed by atoms with van der Waals surface area (Å²) in [7, 11) is -3.72. The number of thiophene rings is 1. The lowest BCUT2D eigenvalue weighted by Gasteiger charge is -2.02. The monoisotopic (exact) mass is 315 g/mol. The average molecular weight is 315 g/mol. The van der Waals surface area contributed by atoms with Crippen molar-refractivity contribution in [2.24, 2.45) is 0 Å². The van der Waals surface area contributed by atoms with E-state index >= 15 is 0 Å². The van der Waals surface area contributed by atoms with Gasteiger partial charge in [-0.1, -0.05) is 0 Å². The number of aryl methyl sites for hydroxylation is 1. The minimum atomic E-state index is -3.72. The molecule has 0 aliphatic rings. The highest BCUT2D eigenvalue weighted by Crippen LogP contribution is 2.28. The van der Waals surface area contributed by atoms with Gasteiger partial charge in [0, 0.05) is 0 Å². The van der Waals surface area contributed by atoms with Gasteiger partial charge < -0.3 is 9.72 Å². The molecule has 2 rings (SSSR count). The van der Waals surface area contributed by atoms with E-state index in [1.54, 1.807) is 19.9 Å². The van der Waals surface area contributed by atoms with Gasteiger partial charge in [-0.2, -0.15) is 8.42 Å². The minimum Gasteiger partial charge on any atom is -0.462 e. The minimum absolute atomic E-state index is 0.0405. The number of H-pyrrole nitrogens is 1. The van der Waals surface area contributed by atoms with E-state index in [4.69, 9.17) is 4.74 Å². The summed E-state index contributed by atoms with van der Waals surface area (Å²) in [5, 5.41) is 0.307. The van der Waals surface area contributed by atoms with Crippen molar-refractivity contribution in [3.8, 4) is 0 Å². The van der Waals surface area contributed by atoms with E-state index in [1.807, 2.05) is 0 Å². The van der Waals surface area contributed by atoms with Gasteiger partial charge >= 0.3 is 5.97 Å². The second-order valence-corrected chi connectivity index (χ2v) is 6.57. The molecule has 0 aliphatic heterocycles. The normalized spacial score (nSPS) is 11.3. The number of nitrogens with one attached hydrogen (secondary N) is 2. The number of carbonyl (C=O) groups is 1. The summed E-state index contributed by atoms with van der Waals surface area (Å²) in [4.78, 5) is 18.2. The molecule has 2 heterocycles. The van der Waals surface area contributed by atoms with Gasteiger partial charge in [-0.3, -0.25) is 4.72 Å². The summed E-state index contributed by atoms with van der Waals surface area (Å²) in [5.74, 6) is -0.456. The molecule has 0 aromatic carbocycles. The molecule has 0 fully saturated rings. The average Bonchev–Trinajstić information content (AvgIpc) is 2.98. The van der Waals surface area contributed by atoms with Gasteiger partial charge in [0.15, 0.2) is 5.03 Å². The molecule has 108 valence electrons. The highest BCUT2D eigenvalue weighted by Gasteiger charge is 2.20. The van der Waals surface area contributed by atoms with Gasteiger partial charge in [-0.25, -0.2) is 9.78 Å². The van der Waals surface area contributed by atoms with Crippen molar-refractivity contribution < 1.29 is 17.9 Å². The smallest absolute Gasteiger partial charge is 0.348 e. The fourth-order valence-electron chi connectivity index (χ4n) is 1.51. The lowest BCUT2D eigenvalue weighted by molar-refractivity contribution is 0.0531. The Labute approximate surface area is 120 Å². The first kappa shape index (κ1) is 14.5. The number of hydrogen-bond donors (Lipinski definition) is 2. The van der Waals surface area contributed by atoms with Crippen LogP contribution < -0.4 is 4.72 Å². The van der Waals surface area contributed by atoms with Crippen LogP contribution in [-0.2, 0) is 14.8 Å². The number of nitrogens with zero attached hydrogens (tertiary/aromatic N) is 1. The number of imidazole rings is 1. The van der Waals surface area contributed by atoms with Crippen LogP contribution in [0, 0.1) is 6.92 Å². The molecule has 2 aromatic rings. The molecular weight excluding hydrogens is 302 g/mol. The first-order valence-corrected chi connectivity index (χ1v) is 8.02. The second kappa shape index (κ2) is 5.63. The number of ether oxygens (including phenoxy) is 1. The highest BCUT2D eigenvalue weighted by atomic mass is 32.2. The van der Waals surface area contributed by atoms with Crippen LogP contribution in [-0.4, -0.2) is 31.0 Å². The third-order valence-electron chi connectivity index (χ3n) is 2.38. The van der Waals surface area contributed by atoms with Crippen LogP contribution >= 0.6 is 11.3 Å². The lowest BCUT2D eigenvalue weighted by atomic mass is 10.3. The zero-order valence-corrected chi connectivity index (χ0v) is 12.5. The summed E-state index contributed by atoms with van der Waals surface area (Å²) in [6.07, 6.45) is 2.48. The van der Waals surface area contributed by atoms with E-state index in [0.717, 1.165) is 11.3 Å². The standard InChI is InChI=1S/C11H13N3O4S2/c1-3-18-11(15)10-7(2)4-8(19-10)14-20(16,17)9-5-12-6-13-9/h4-6,14H,3H2,1-2H3,(H,12,13). The Morgan fingerprint density at radius 2 is 2.30 bits per heavy atom. The predicted molar refractivity (Wildman–Crippen MR) is 74.4 cm³/mol. The Kier molecular flexibility index (Phi) is 4.09. The molecule has 2 N–H and O–H groups in total. The molecule has 0 atom stereocenters. The van der Waals surface area contributed by atoms with Crippen LogP contribution in [0.1, 0.15) is 22.2 Å². The fourth-order valence-corrected chi connectivity index (χ4v) is 3.66. The van der Waals surface area contributed by atoms with Crippen LogP contribution in [0.25, 0.3) is 0 Å². The second-order valence-electron chi connectivity index (χ2n) is 3.86. The van der Waals surface area contributed by atoms with Crippen LogP contribution in [0.3, 0.4) is 0 Å². The van der Waals surface area contributed by atoms with E-state index in [0.29, 0.717) is 15.4 Å². The first-order chi connectivity index (χ1) is 9.44. The highest BCUT2D eigenvalue weighted by molar-refractivity contribution is 7.92. The number of rotatable bonds is 5. The molecule has 20 heavy (non-hydrogen) atoms. The number of esters is 1. The van der Waals surface area contributed by atoms with Crippen molar-refractivity contribution >= 4 is 32.3 Å². The van der Waals surface area contributed by atoms with Gasteiger partial charge in [0.05, 0.1) is 19.1 Å². The summed E-state index contributed by atoms with van der Waals surface area (Å²) in [5.41, 5.74) is 0.663. The molecule has 0 amide bonds. The Hall–Kier alpha value is -1.87.